The summed E-state index contributed by atoms with van der Waals surface area (Å²) in [5.41, 5.74) is 0. The van der Waals surface area contributed by atoms with Crippen LogP contribution in [0.15, 0.2) is 0 Å². The van der Waals surface area contributed by atoms with Gasteiger partial charge in [0.15, 0.2) is 0 Å². The minimum absolute atomic E-state index is 0.140. The summed E-state index contributed by atoms with van der Waals surface area (Å²) in [4.78, 5) is 0. The summed E-state index contributed by atoms with van der Waals surface area (Å²) in [6, 6.07) is 2.86. The Morgan fingerprint density at radius 3 is 3.17 bits per heavy atom. The van der Waals surface area contributed by atoms with E-state index in [4.69, 9.17) is 9.79 Å². The molecule has 0 aromatic rings. The zero-order chi connectivity index (χ0) is 8.55. The molecule has 0 spiro atoms. The largest absolute Gasteiger partial charge is 0.340 e. The van der Waals surface area contributed by atoms with Gasteiger partial charge in [0.1, 0.15) is 0 Å². The summed E-state index contributed by atoms with van der Waals surface area (Å²) in [5.74, 6) is 0.140. The Hall–Kier alpha value is -0.160. The molecule has 1 unspecified atom stereocenters. The third-order valence-electron chi connectivity index (χ3n) is 2.79. The van der Waals surface area contributed by atoms with Crippen molar-refractivity contribution in [3.63, 3.8) is 0 Å². The molecule has 2 aliphatic rings. The molecule has 0 amide bonds. The molecule has 0 N–H and O–H groups in total. The zero-order valence-corrected chi connectivity index (χ0v) is 8.16. The Balaban J connectivity index is 2.11. The van der Waals surface area contributed by atoms with E-state index >= 15 is 0 Å². The van der Waals surface area contributed by atoms with Crippen LogP contribution in [0.5, 0.6) is 0 Å². The molecule has 1 saturated heterocycles. The third kappa shape index (κ3) is 1.25. The van der Waals surface area contributed by atoms with Crippen molar-refractivity contribution >= 4 is 8.96 Å². The average molecular weight is 184 g/mol. The molecule has 66 valence electrons. The van der Waals surface area contributed by atoms with Gasteiger partial charge in [-0.3, -0.25) is 4.67 Å². The maximum absolute atomic E-state index is 8.88. The molecule has 2 rings (SSSR count). The fourth-order valence-corrected chi connectivity index (χ4v) is 3.09. The van der Waals surface area contributed by atoms with E-state index in [1.807, 2.05) is 0 Å². The molecule has 1 saturated carbocycles. The van der Waals surface area contributed by atoms with Crippen LogP contribution >= 0.6 is 8.96 Å². The predicted octanol–water partition coefficient (Wildman–Crippen LogP) is 1.52. The molecule has 2 fully saturated rings. The van der Waals surface area contributed by atoms with Crippen LogP contribution in [0.2, 0.25) is 0 Å². The van der Waals surface area contributed by atoms with E-state index in [1.54, 1.807) is 0 Å². The highest BCUT2D eigenvalue weighted by atomic mass is 31.1. The van der Waals surface area contributed by atoms with E-state index in [0.29, 0.717) is 15.0 Å². The maximum atomic E-state index is 8.88. The van der Waals surface area contributed by atoms with Crippen LogP contribution < -0.4 is 0 Å². The molecule has 12 heavy (non-hydrogen) atoms. The van der Waals surface area contributed by atoms with Gasteiger partial charge in [0.2, 0.25) is 0 Å². The lowest BCUT2D eigenvalue weighted by Gasteiger charge is -2.29. The lowest BCUT2D eigenvalue weighted by atomic mass is 9.84. The minimum Gasteiger partial charge on any atom is -0.340 e. The second-order valence-corrected chi connectivity index (χ2v) is 4.64. The highest BCUT2D eigenvalue weighted by molar-refractivity contribution is 7.29. The van der Waals surface area contributed by atoms with Gasteiger partial charge in [-0.05, 0) is 19.9 Å². The number of likely N-dealkylation sites (N-methyl/N-ethyl adjacent to an activating group) is 1. The van der Waals surface area contributed by atoms with Crippen LogP contribution in [-0.4, -0.2) is 23.9 Å². The van der Waals surface area contributed by atoms with Gasteiger partial charge in [-0.25, -0.2) is 0 Å². The lowest BCUT2D eigenvalue weighted by molar-refractivity contribution is 0.119. The molecule has 0 bridgehead atoms. The van der Waals surface area contributed by atoms with Crippen molar-refractivity contribution in [1.82, 2.24) is 4.67 Å². The lowest BCUT2D eigenvalue weighted by Crippen LogP contribution is -2.39. The first kappa shape index (κ1) is 8.44. The number of hydrogen-bond acceptors (Lipinski definition) is 3. The van der Waals surface area contributed by atoms with Crippen molar-refractivity contribution in [2.24, 2.45) is 5.92 Å². The van der Waals surface area contributed by atoms with Gasteiger partial charge >= 0.3 is 0 Å². The summed E-state index contributed by atoms with van der Waals surface area (Å²) in [7, 11) is 2.55. The van der Waals surface area contributed by atoms with E-state index < -0.39 is 0 Å². The van der Waals surface area contributed by atoms with E-state index in [0.717, 1.165) is 6.42 Å². The third-order valence-corrected chi connectivity index (χ3v) is 3.78. The second kappa shape index (κ2) is 3.30. The van der Waals surface area contributed by atoms with E-state index in [9.17, 15) is 0 Å². The molecule has 0 aromatic carbocycles. The molecule has 1 aliphatic carbocycles. The molecule has 3 nitrogen and oxygen atoms in total. The number of nitriles is 1. The van der Waals surface area contributed by atoms with Gasteiger partial charge in [-0.1, -0.05) is 6.42 Å². The van der Waals surface area contributed by atoms with E-state index in [2.05, 4.69) is 17.8 Å². The normalized spacial score (nSPS) is 44.2. The predicted molar refractivity (Wildman–Crippen MR) is 47.7 cm³/mol. The Kier molecular flexibility index (Phi) is 2.32. The fourth-order valence-electron chi connectivity index (χ4n) is 2.07. The molecule has 0 aromatic heterocycles. The second-order valence-electron chi connectivity index (χ2n) is 3.52. The smallest absolute Gasteiger partial charge is 0.0948 e. The summed E-state index contributed by atoms with van der Waals surface area (Å²) < 4.78 is 7.85. The van der Waals surface area contributed by atoms with E-state index in [-0.39, 0.29) is 12.0 Å². The summed E-state index contributed by atoms with van der Waals surface area (Å²) in [6.45, 7) is 0. The molecule has 0 radical (unpaired) electrons. The Bertz CT molecular complexity index is 216. The van der Waals surface area contributed by atoms with Crippen molar-refractivity contribution < 1.29 is 4.52 Å². The summed E-state index contributed by atoms with van der Waals surface area (Å²) in [5, 5.41) is 8.88. The monoisotopic (exact) mass is 184 g/mol. The van der Waals surface area contributed by atoms with Crippen molar-refractivity contribution in [3.05, 3.63) is 0 Å². The first-order valence-corrected chi connectivity index (χ1v) is 5.22. The van der Waals surface area contributed by atoms with Crippen LogP contribution in [0, 0.1) is 17.2 Å². The number of nitrogens with zero attached hydrogens (tertiary/aromatic N) is 2. The molecular weight excluding hydrogens is 171 g/mol. The van der Waals surface area contributed by atoms with E-state index in [1.165, 1.54) is 12.8 Å². The molecule has 4 atom stereocenters. The highest BCUT2D eigenvalue weighted by Crippen LogP contribution is 2.43. The van der Waals surface area contributed by atoms with Gasteiger partial charge in [-0.2, -0.15) is 5.26 Å². The van der Waals surface area contributed by atoms with Gasteiger partial charge < -0.3 is 4.52 Å². The van der Waals surface area contributed by atoms with Crippen LogP contribution in [0.25, 0.3) is 0 Å². The van der Waals surface area contributed by atoms with Gasteiger partial charge in [-0.15, -0.1) is 0 Å². The number of fused-ring (bicyclic) bond motifs is 1. The summed E-state index contributed by atoms with van der Waals surface area (Å²) >= 11 is 0. The minimum atomic E-state index is 0.140. The van der Waals surface area contributed by atoms with Crippen LogP contribution in [0.1, 0.15) is 19.3 Å². The topological polar surface area (TPSA) is 36.3 Å². The molecule has 1 aliphatic heterocycles. The van der Waals surface area contributed by atoms with Crippen molar-refractivity contribution in [1.29, 1.82) is 5.26 Å². The average Bonchev–Trinajstić information content (AvgIpc) is 2.48. The quantitative estimate of drug-likeness (QED) is 0.535. The Labute approximate surface area is 74.6 Å². The Morgan fingerprint density at radius 2 is 2.42 bits per heavy atom. The van der Waals surface area contributed by atoms with Crippen molar-refractivity contribution in [2.75, 3.05) is 7.05 Å². The summed E-state index contributed by atoms with van der Waals surface area (Å²) in [6.07, 6.45) is 3.60. The van der Waals surface area contributed by atoms with Crippen molar-refractivity contribution in [2.45, 2.75) is 31.4 Å². The van der Waals surface area contributed by atoms with Gasteiger partial charge in [0.25, 0.3) is 0 Å². The molecule has 4 heteroatoms. The zero-order valence-electron chi connectivity index (χ0n) is 7.16. The van der Waals surface area contributed by atoms with Gasteiger partial charge in [0, 0.05) is 6.04 Å². The SMILES string of the molecule is CN1PO[C@H]2[C@@H](C#N)CCC[C@@H]21. The molecular formula is C8H13N2OP. The highest BCUT2D eigenvalue weighted by Gasteiger charge is 2.41. The van der Waals surface area contributed by atoms with Crippen LogP contribution in [-0.2, 0) is 4.52 Å². The van der Waals surface area contributed by atoms with Crippen LogP contribution in [0.3, 0.4) is 0 Å². The first-order chi connectivity index (χ1) is 5.83. The number of rotatable bonds is 0. The van der Waals surface area contributed by atoms with Crippen LogP contribution in [0.4, 0.5) is 0 Å². The van der Waals surface area contributed by atoms with Gasteiger partial charge in [0.05, 0.1) is 27.0 Å². The Morgan fingerprint density at radius 1 is 1.58 bits per heavy atom. The standard InChI is InChI=1S/C8H13N2OP/c1-10-7-4-2-3-6(5-9)8(7)11-12-10/h6-8,12H,2-4H2,1H3/t6-,7+,8+/m1/s1. The maximum Gasteiger partial charge on any atom is 0.0948 e. The number of hydrogen-bond donors (Lipinski definition) is 0. The first-order valence-electron chi connectivity index (χ1n) is 4.36. The fraction of sp³-hybridized carbons (Fsp3) is 0.875. The van der Waals surface area contributed by atoms with Crippen molar-refractivity contribution in [3.8, 4) is 6.07 Å². The molecule has 1 heterocycles.